The molecule has 39 heavy (non-hydrogen) atoms. The first-order chi connectivity index (χ1) is 18.9. The Kier molecular flexibility index (Phi) is 7.16. The fourth-order valence-corrected chi connectivity index (χ4v) is 6.52. The molecule has 0 spiro atoms. The topological polar surface area (TPSA) is 82.9 Å². The Labute approximate surface area is 234 Å². The fraction of sp³-hybridized carbons (Fsp3) is 0.467. The third kappa shape index (κ3) is 4.96. The highest BCUT2D eigenvalue weighted by molar-refractivity contribution is 6.30. The number of nitrogens with zero attached hydrogens (tertiary/aromatic N) is 6. The average molecular weight is 546 g/mol. The van der Waals surface area contributed by atoms with Crippen LogP contribution < -0.4 is 10.5 Å². The Morgan fingerprint density at radius 3 is 2.46 bits per heavy atom. The van der Waals surface area contributed by atoms with Gasteiger partial charge in [0.15, 0.2) is 5.82 Å². The SMILES string of the molecule is Cc1ccc(Cl)cc1N1CCN([C@@H](c2cc3ccc(C)c(C)c3[nH]c2=O)c2nnnn2C2CCCCC2)CC1. The smallest absolute Gasteiger partial charge is 0.253 e. The van der Waals surface area contributed by atoms with Gasteiger partial charge in [-0.25, -0.2) is 4.68 Å². The van der Waals surface area contributed by atoms with Crippen molar-refractivity contribution in [2.75, 3.05) is 31.1 Å². The standard InChI is InChI=1S/C30H36ClN7O/c1-19-9-11-22-17-25(30(39)32-27(22)21(19)3)28(29-33-34-35-38(29)24-7-5-4-6-8-24)37-15-13-36(14-16-37)26-18-23(31)12-10-20(26)2/h9-12,17-18,24,28H,4-8,13-16H2,1-3H3,(H,32,39)/t28-/m0/s1. The second-order valence-corrected chi connectivity index (χ2v) is 11.6. The molecule has 0 unspecified atom stereocenters. The van der Waals surface area contributed by atoms with E-state index in [-0.39, 0.29) is 17.6 Å². The van der Waals surface area contributed by atoms with Crippen LogP contribution in [0.15, 0.2) is 41.2 Å². The molecule has 0 radical (unpaired) electrons. The van der Waals surface area contributed by atoms with Gasteiger partial charge < -0.3 is 9.88 Å². The number of rotatable bonds is 5. The van der Waals surface area contributed by atoms with Gasteiger partial charge in [0.25, 0.3) is 5.56 Å². The highest BCUT2D eigenvalue weighted by atomic mass is 35.5. The molecule has 1 saturated heterocycles. The summed E-state index contributed by atoms with van der Waals surface area (Å²) >= 11 is 6.34. The van der Waals surface area contributed by atoms with Crippen molar-refractivity contribution < 1.29 is 0 Å². The lowest BCUT2D eigenvalue weighted by molar-refractivity contribution is 0.192. The molecule has 2 aromatic heterocycles. The molecule has 1 aliphatic heterocycles. The maximum Gasteiger partial charge on any atom is 0.253 e. The zero-order valence-corrected chi connectivity index (χ0v) is 23.7. The monoisotopic (exact) mass is 545 g/mol. The summed E-state index contributed by atoms with van der Waals surface area (Å²) in [5, 5.41) is 15.0. The van der Waals surface area contributed by atoms with E-state index < -0.39 is 0 Å². The normalized spacial score (nSPS) is 18.1. The second kappa shape index (κ2) is 10.7. The highest BCUT2D eigenvalue weighted by Crippen LogP contribution is 2.34. The van der Waals surface area contributed by atoms with Crippen LogP contribution in [0.4, 0.5) is 5.69 Å². The number of aromatic amines is 1. The van der Waals surface area contributed by atoms with E-state index in [9.17, 15) is 4.79 Å². The fourth-order valence-electron chi connectivity index (χ4n) is 6.35. The van der Waals surface area contributed by atoms with Crippen molar-refractivity contribution in [2.45, 2.75) is 65.0 Å². The van der Waals surface area contributed by atoms with E-state index in [4.69, 9.17) is 11.6 Å². The number of pyridine rings is 1. The van der Waals surface area contributed by atoms with Crippen LogP contribution in [0, 0.1) is 20.8 Å². The van der Waals surface area contributed by atoms with Crippen molar-refractivity contribution in [1.29, 1.82) is 0 Å². The predicted molar refractivity (Wildman–Crippen MR) is 156 cm³/mol. The van der Waals surface area contributed by atoms with Crippen LogP contribution in [0.3, 0.4) is 0 Å². The average Bonchev–Trinajstić information content (AvgIpc) is 3.43. The Morgan fingerprint density at radius 1 is 0.949 bits per heavy atom. The summed E-state index contributed by atoms with van der Waals surface area (Å²) in [6.45, 7) is 9.46. The van der Waals surface area contributed by atoms with Crippen LogP contribution in [-0.4, -0.2) is 56.3 Å². The summed E-state index contributed by atoms with van der Waals surface area (Å²) in [5.74, 6) is 0.767. The number of anilines is 1. The molecule has 6 rings (SSSR count). The molecule has 1 saturated carbocycles. The number of aryl methyl sites for hydroxylation is 3. The Morgan fingerprint density at radius 2 is 1.69 bits per heavy atom. The molecule has 2 aromatic carbocycles. The lowest BCUT2D eigenvalue weighted by atomic mass is 9.94. The van der Waals surface area contributed by atoms with E-state index in [0.29, 0.717) is 5.56 Å². The lowest BCUT2D eigenvalue weighted by Crippen LogP contribution is -2.49. The third-order valence-electron chi connectivity index (χ3n) is 8.75. The van der Waals surface area contributed by atoms with Gasteiger partial charge in [0.05, 0.1) is 11.6 Å². The molecule has 3 heterocycles. The van der Waals surface area contributed by atoms with E-state index in [1.165, 1.54) is 30.5 Å². The van der Waals surface area contributed by atoms with Gasteiger partial charge in [-0.05, 0) is 84.3 Å². The molecule has 0 amide bonds. The van der Waals surface area contributed by atoms with E-state index in [0.717, 1.165) is 71.9 Å². The molecule has 1 N–H and O–H groups in total. The Balaban J connectivity index is 1.40. The minimum atomic E-state index is -0.334. The first-order valence-corrected chi connectivity index (χ1v) is 14.4. The number of benzene rings is 2. The zero-order valence-electron chi connectivity index (χ0n) is 23.0. The van der Waals surface area contributed by atoms with Crippen LogP contribution in [0.25, 0.3) is 10.9 Å². The molecule has 1 atom stereocenters. The van der Waals surface area contributed by atoms with E-state index in [1.54, 1.807) is 0 Å². The van der Waals surface area contributed by atoms with E-state index in [2.05, 4.69) is 75.3 Å². The zero-order chi connectivity index (χ0) is 27.1. The van der Waals surface area contributed by atoms with Crippen LogP contribution >= 0.6 is 11.6 Å². The summed E-state index contributed by atoms with van der Waals surface area (Å²) < 4.78 is 2.02. The first-order valence-electron chi connectivity index (χ1n) is 14.1. The molecule has 4 aromatic rings. The van der Waals surface area contributed by atoms with Gasteiger partial charge in [0.2, 0.25) is 0 Å². The number of nitrogens with one attached hydrogen (secondary N) is 1. The quantitative estimate of drug-likeness (QED) is 0.356. The minimum Gasteiger partial charge on any atom is -0.369 e. The first kappa shape index (κ1) is 26.0. The van der Waals surface area contributed by atoms with Crippen LogP contribution in [-0.2, 0) is 0 Å². The largest absolute Gasteiger partial charge is 0.369 e. The van der Waals surface area contributed by atoms with Crippen LogP contribution in [0.5, 0.6) is 0 Å². The van der Waals surface area contributed by atoms with Gasteiger partial charge in [-0.1, -0.05) is 49.1 Å². The number of hydrogen-bond donors (Lipinski definition) is 1. The number of tetrazole rings is 1. The van der Waals surface area contributed by atoms with E-state index >= 15 is 0 Å². The maximum absolute atomic E-state index is 13.7. The summed E-state index contributed by atoms with van der Waals surface area (Å²) in [4.78, 5) is 21.7. The van der Waals surface area contributed by atoms with Gasteiger partial charge >= 0.3 is 0 Å². The molecule has 2 aliphatic rings. The lowest BCUT2D eigenvalue weighted by Gasteiger charge is -2.40. The minimum absolute atomic E-state index is 0.0764. The van der Waals surface area contributed by atoms with Gasteiger partial charge in [-0.3, -0.25) is 9.69 Å². The van der Waals surface area contributed by atoms with Crippen LogP contribution in [0.1, 0.15) is 72.3 Å². The summed E-state index contributed by atoms with van der Waals surface area (Å²) in [7, 11) is 0. The third-order valence-corrected chi connectivity index (χ3v) is 8.98. The van der Waals surface area contributed by atoms with Crippen molar-refractivity contribution in [1.82, 2.24) is 30.1 Å². The molecular formula is C30H36ClN7O. The van der Waals surface area contributed by atoms with Gasteiger partial charge in [0.1, 0.15) is 6.04 Å². The second-order valence-electron chi connectivity index (χ2n) is 11.2. The summed E-state index contributed by atoms with van der Waals surface area (Å²) in [5.41, 5.74) is 6.16. The number of piperazine rings is 1. The molecule has 1 aliphatic carbocycles. The predicted octanol–water partition coefficient (Wildman–Crippen LogP) is 5.51. The summed E-state index contributed by atoms with van der Waals surface area (Å²) in [6, 6.07) is 12.3. The van der Waals surface area contributed by atoms with Crippen molar-refractivity contribution >= 4 is 28.2 Å². The number of hydrogen-bond acceptors (Lipinski definition) is 6. The number of fused-ring (bicyclic) bond motifs is 1. The summed E-state index contributed by atoms with van der Waals surface area (Å²) in [6.07, 6.45) is 5.76. The molecule has 9 heteroatoms. The molecule has 204 valence electrons. The van der Waals surface area contributed by atoms with Gasteiger partial charge in [0, 0.05) is 42.5 Å². The van der Waals surface area contributed by atoms with Crippen molar-refractivity contribution in [3.05, 3.63) is 79.9 Å². The Bertz CT molecular complexity index is 1550. The maximum atomic E-state index is 13.7. The van der Waals surface area contributed by atoms with Gasteiger partial charge in [-0.2, -0.15) is 0 Å². The number of halogens is 1. The van der Waals surface area contributed by atoms with Crippen molar-refractivity contribution in [3.8, 4) is 0 Å². The molecule has 0 bridgehead atoms. The van der Waals surface area contributed by atoms with Crippen molar-refractivity contribution in [2.24, 2.45) is 0 Å². The van der Waals surface area contributed by atoms with Crippen molar-refractivity contribution in [3.63, 3.8) is 0 Å². The highest BCUT2D eigenvalue weighted by Gasteiger charge is 2.34. The molecule has 2 fully saturated rings. The Hall–Kier alpha value is -3.23. The molecule has 8 nitrogen and oxygen atoms in total. The van der Waals surface area contributed by atoms with Crippen LogP contribution in [0.2, 0.25) is 5.02 Å². The molecular weight excluding hydrogens is 510 g/mol. The van der Waals surface area contributed by atoms with Gasteiger partial charge in [-0.15, -0.1) is 5.10 Å². The number of H-pyrrole nitrogens is 1. The van der Waals surface area contributed by atoms with E-state index in [1.807, 2.05) is 16.8 Å². The number of aromatic nitrogens is 5.